The number of rotatable bonds is 7. The third kappa shape index (κ3) is 4.67. The number of carbonyl (C=O) groups excluding carboxylic acids is 1. The van der Waals surface area contributed by atoms with E-state index in [1.807, 2.05) is 48.7 Å². The van der Waals surface area contributed by atoms with Gasteiger partial charge in [0.05, 0.1) is 17.1 Å². The number of benzene rings is 1. The smallest absolute Gasteiger partial charge is 0.237 e. The van der Waals surface area contributed by atoms with Gasteiger partial charge in [-0.3, -0.25) is 14.7 Å². The highest BCUT2D eigenvalue weighted by atomic mass is 32.2. The maximum atomic E-state index is 12.4. The van der Waals surface area contributed by atoms with Crippen LogP contribution in [0.25, 0.3) is 5.69 Å². The number of para-hydroxylation sites is 1. The lowest BCUT2D eigenvalue weighted by molar-refractivity contribution is -0.113. The van der Waals surface area contributed by atoms with Gasteiger partial charge in [0.15, 0.2) is 5.16 Å². The van der Waals surface area contributed by atoms with Gasteiger partial charge in [-0.2, -0.15) is 0 Å². The van der Waals surface area contributed by atoms with Gasteiger partial charge in [0, 0.05) is 19.2 Å². The minimum Gasteiger partial charge on any atom is -0.341 e. The first-order chi connectivity index (χ1) is 14.6. The van der Waals surface area contributed by atoms with Crippen LogP contribution in [0.4, 0.5) is 11.8 Å². The number of amides is 1. The first-order valence-electron chi connectivity index (χ1n) is 10.3. The molecule has 1 saturated heterocycles. The van der Waals surface area contributed by atoms with Crippen LogP contribution in [-0.4, -0.2) is 44.7 Å². The molecule has 1 amide bonds. The van der Waals surface area contributed by atoms with E-state index < -0.39 is 0 Å². The van der Waals surface area contributed by atoms with Gasteiger partial charge < -0.3 is 9.42 Å². The Hall–Kier alpha value is -2.81. The van der Waals surface area contributed by atoms with E-state index >= 15 is 0 Å². The Morgan fingerprint density at radius 1 is 1.17 bits per heavy atom. The molecule has 0 unspecified atom stereocenters. The van der Waals surface area contributed by atoms with Gasteiger partial charge in [-0.25, -0.2) is 0 Å². The average molecular weight is 427 g/mol. The molecular weight excluding hydrogens is 400 g/mol. The summed E-state index contributed by atoms with van der Waals surface area (Å²) in [5, 5.41) is 16.3. The van der Waals surface area contributed by atoms with Gasteiger partial charge in [-0.1, -0.05) is 49.0 Å². The zero-order valence-electron chi connectivity index (χ0n) is 17.2. The molecule has 0 aliphatic carbocycles. The number of hydrogen-bond donors (Lipinski definition) is 1. The zero-order chi connectivity index (χ0) is 20.9. The van der Waals surface area contributed by atoms with Crippen molar-refractivity contribution in [3.8, 4) is 5.69 Å². The van der Waals surface area contributed by atoms with Gasteiger partial charge in [0.2, 0.25) is 17.7 Å². The van der Waals surface area contributed by atoms with E-state index in [2.05, 4.69) is 25.6 Å². The number of thioether (sulfide) groups is 1. The molecule has 158 valence electrons. The summed E-state index contributed by atoms with van der Waals surface area (Å²) in [7, 11) is 0. The Balaban J connectivity index is 1.49. The number of hydrogen-bond acceptors (Lipinski definition) is 7. The van der Waals surface area contributed by atoms with E-state index in [4.69, 9.17) is 4.52 Å². The van der Waals surface area contributed by atoms with Crippen LogP contribution in [0.2, 0.25) is 0 Å². The fourth-order valence-corrected chi connectivity index (χ4v) is 4.13. The summed E-state index contributed by atoms with van der Waals surface area (Å²) in [6, 6.07) is 11.8. The first-order valence-corrected chi connectivity index (χ1v) is 11.3. The number of nitrogens with zero attached hydrogens (tertiary/aromatic N) is 5. The molecule has 9 heteroatoms. The van der Waals surface area contributed by atoms with Crippen molar-refractivity contribution in [3.05, 3.63) is 42.1 Å². The molecule has 1 fully saturated rings. The summed E-state index contributed by atoms with van der Waals surface area (Å²) >= 11 is 1.36. The van der Waals surface area contributed by atoms with Gasteiger partial charge in [0.1, 0.15) is 0 Å². The number of aromatic nitrogens is 4. The Morgan fingerprint density at radius 3 is 2.63 bits per heavy atom. The number of carbonyl (C=O) groups is 1. The highest BCUT2D eigenvalue weighted by molar-refractivity contribution is 7.99. The molecule has 1 N–H and O–H groups in total. The van der Waals surface area contributed by atoms with Crippen molar-refractivity contribution in [3.63, 3.8) is 0 Å². The molecule has 1 aliphatic heterocycles. The first kappa shape index (κ1) is 20.5. The minimum absolute atomic E-state index is 0.173. The summed E-state index contributed by atoms with van der Waals surface area (Å²) in [4.78, 5) is 14.7. The van der Waals surface area contributed by atoms with E-state index in [1.165, 1.54) is 18.2 Å². The SMILES string of the molecule is CC(C)c1cc(NC(=O)CSc2nnc(N3CCCCC3)n2-c2ccccc2)on1. The lowest BCUT2D eigenvalue weighted by Crippen LogP contribution is -2.31. The maximum absolute atomic E-state index is 12.4. The summed E-state index contributed by atoms with van der Waals surface area (Å²) < 4.78 is 7.23. The van der Waals surface area contributed by atoms with Crippen LogP contribution >= 0.6 is 11.8 Å². The Morgan fingerprint density at radius 2 is 1.93 bits per heavy atom. The second kappa shape index (κ2) is 9.34. The Kier molecular flexibility index (Phi) is 6.37. The third-order valence-electron chi connectivity index (χ3n) is 4.98. The molecule has 8 nitrogen and oxygen atoms in total. The topological polar surface area (TPSA) is 89.1 Å². The Labute approximate surface area is 180 Å². The van der Waals surface area contributed by atoms with Crippen LogP contribution in [0.15, 0.2) is 46.1 Å². The van der Waals surface area contributed by atoms with E-state index in [-0.39, 0.29) is 17.6 Å². The van der Waals surface area contributed by atoms with Crippen molar-refractivity contribution in [1.82, 2.24) is 19.9 Å². The van der Waals surface area contributed by atoms with E-state index in [0.29, 0.717) is 11.0 Å². The molecule has 0 bridgehead atoms. The van der Waals surface area contributed by atoms with Gasteiger partial charge >= 0.3 is 0 Å². The standard InChI is InChI=1S/C21H26N6O2S/c1-15(2)17-13-19(29-25-17)22-18(28)14-30-21-24-23-20(26-11-7-4-8-12-26)27(21)16-9-5-3-6-10-16/h3,5-6,9-10,13,15H,4,7-8,11-12,14H2,1-2H3,(H,22,28). The monoisotopic (exact) mass is 426 g/mol. The van der Waals surface area contributed by atoms with Crippen molar-refractivity contribution >= 4 is 29.5 Å². The van der Waals surface area contributed by atoms with Crippen molar-refractivity contribution in [2.24, 2.45) is 0 Å². The maximum Gasteiger partial charge on any atom is 0.237 e. The molecule has 1 aromatic carbocycles. The van der Waals surface area contributed by atoms with Crippen LogP contribution in [0.5, 0.6) is 0 Å². The van der Waals surface area contributed by atoms with Crippen LogP contribution < -0.4 is 10.2 Å². The van der Waals surface area contributed by atoms with Crippen molar-refractivity contribution in [2.45, 2.75) is 44.2 Å². The summed E-state index contributed by atoms with van der Waals surface area (Å²) in [6.07, 6.45) is 3.56. The summed E-state index contributed by atoms with van der Waals surface area (Å²) in [5.41, 5.74) is 1.80. The highest BCUT2D eigenvalue weighted by Crippen LogP contribution is 2.28. The molecule has 0 atom stereocenters. The van der Waals surface area contributed by atoms with Crippen LogP contribution in [0, 0.1) is 0 Å². The third-order valence-corrected chi connectivity index (χ3v) is 5.91. The average Bonchev–Trinajstić information content (AvgIpc) is 3.41. The van der Waals surface area contributed by atoms with Gasteiger partial charge in [-0.15, -0.1) is 10.2 Å². The van der Waals surface area contributed by atoms with Crippen molar-refractivity contribution < 1.29 is 9.32 Å². The zero-order valence-corrected chi connectivity index (χ0v) is 18.1. The molecular formula is C21H26N6O2S. The second-order valence-corrected chi connectivity index (χ2v) is 8.55. The largest absolute Gasteiger partial charge is 0.341 e. The summed E-state index contributed by atoms with van der Waals surface area (Å²) in [5.74, 6) is 1.46. The molecule has 0 spiro atoms. The summed E-state index contributed by atoms with van der Waals surface area (Å²) in [6.45, 7) is 5.99. The predicted octanol–water partition coefficient (Wildman–Crippen LogP) is 4.10. The molecule has 3 aromatic rings. The van der Waals surface area contributed by atoms with Crippen molar-refractivity contribution in [2.75, 3.05) is 29.1 Å². The van der Waals surface area contributed by atoms with Crippen LogP contribution in [0.3, 0.4) is 0 Å². The van der Waals surface area contributed by atoms with Gasteiger partial charge in [0.25, 0.3) is 0 Å². The molecule has 0 radical (unpaired) electrons. The predicted molar refractivity (Wildman–Crippen MR) is 117 cm³/mol. The molecule has 2 aromatic heterocycles. The normalized spacial score (nSPS) is 14.3. The minimum atomic E-state index is -0.173. The number of nitrogens with one attached hydrogen (secondary N) is 1. The lowest BCUT2D eigenvalue weighted by atomic mass is 10.1. The second-order valence-electron chi connectivity index (χ2n) is 7.61. The van der Waals surface area contributed by atoms with Crippen LogP contribution in [0.1, 0.15) is 44.7 Å². The number of anilines is 2. The van der Waals surface area contributed by atoms with Crippen LogP contribution in [-0.2, 0) is 4.79 Å². The molecule has 4 rings (SSSR count). The fourth-order valence-electron chi connectivity index (χ4n) is 3.38. The molecule has 0 saturated carbocycles. The van der Waals surface area contributed by atoms with E-state index in [0.717, 1.165) is 43.3 Å². The van der Waals surface area contributed by atoms with E-state index in [9.17, 15) is 4.79 Å². The molecule has 3 heterocycles. The quantitative estimate of drug-likeness (QED) is 0.569. The number of piperidine rings is 1. The van der Waals surface area contributed by atoms with Gasteiger partial charge in [-0.05, 0) is 37.3 Å². The van der Waals surface area contributed by atoms with E-state index in [1.54, 1.807) is 6.07 Å². The lowest BCUT2D eigenvalue weighted by Gasteiger charge is -2.27. The molecule has 1 aliphatic rings. The Bertz CT molecular complexity index is 979. The molecule has 30 heavy (non-hydrogen) atoms. The highest BCUT2D eigenvalue weighted by Gasteiger charge is 2.22. The van der Waals surface area contributed by atoms with Crippen molar-refractivity contribution in [1.29, 1.82) is 0 Å². The fraction of sp³-hybridized carbons (Fsp3) is 0.429.